The van der Waals surface area contributed by atoms with Crippen molar-refractivity contribution in [1.82, 2.24) is 0 Å². The predicted molar refractivity (Wildman–Crippen MR) is 37.2 cm³/mol. The van der Waals surface area contributed by atoms with Crippen molar-refractivity contribution in [1.29, 1.82) is 0 Å². The highest BCUT2D eigenvalue weighted by Gasteiger charge is 2.02. The molecule has 4 nitrogen and oxygen atoms in total. The average molecular weight is 149 g/mol. The van der Waals surface area contributed by atoms with E-state index in [1.54, 1.807) is 14.2 Å². The number of methoxy groups -OCH3 is 2. The van der Waals surface area contributed by atoms with Crippen molar-refractivity contribution in [3.63, 3.8) is 0 Å². The van der Waals surface area contributed by atoms with E-state index in [1.807, 2.05) is 0 Å². The van der Waals surface area contributed by atoms with Crippen molar-refractivity contribution in [2.45, 2.75) is 19.1 Å². The normalized spacial score (nSPS) is 10.8. The van der Waals surface area contributed by atoms with Gasteiger partial charge in [-0.15, -0.1) is 0 Å². The molecular formula is C6H15NO3. The van der Waals surface area contributed by atoms with Gasteiger partial charge >= 0.3 is 0 Å². The van der Waals surface area contributed by atoms with Crippen LogP contribution in [0, 0.1) is 0 Å². The monoisotopic (exact) mass is 149 g/mol. The van der Waals surface area contributed by atoms with Gasteiger partial charge < -0.3 is 14.3 Å². The first-order valence-electron chi connectivity index (χ1n) is 3.22. The second kappa shape index (κ2) is 6.95. The first-order chi connectivity index (χ1) is 4.85. The molecule has 0 rings (SSSR count). The lowest BCUT2D eigenvalue weighted by atomic mass is 10.3. The SMILES string of the molecule is COC(CCCON)OC. The molecule has 0 aliphatic heterocycles. The van der Waals surface area contributed by atoms with Crippen LogP contribution >= 0.6 is 0 Å². The zero-order valence-electron chi connectivity index (χ0n) is 6.50. The van der Waals surface area contributed by atoms with Crippen LogP contribution in [0.25, 0.3) is 0 Å². The number of rotatable bonds is 6. The fraction of sp³-hybridized carbons (Fsp3) is 1.00. The lowest BCUT2D eigenvalue weighted by Crippen LogP contribution is -2.14. The van der Waals surface area contributed by atoms with E-state index in [0.29, 0.717) is 6.61 Å². The lowest BCUT2D eigenvalue weighted by molar-refractivity contribution is -0.109. The molecule has 0 aliphatic carbocycles. The molecule has 0 aromatic heterocycles. The van der Waals surface area contributed by atoms with E-state index in [4.69, 9.17) is 15.4 Å². The summed E-state index contributed by atoms with van der Waals surface area (Å²) in [6.45, 7) is 0.545. The summed E-state index contributed by atoms with van der Waals surface area (Å²) in [5.74, 6) is 4.82. The minimum absolute atomic E-state index is 0.129. The molecule has 2 N–H and O–H groups in total. The van der Waals surface area contributed by atoms with E-state index in [-0.39, 0.29) is 6.29 Å². The van der Waals surface area contributed by atoms with Gasteiger partial charge in [-0.1, -0.05) is 0 Å². The van der Waals surface area contributed by atoms with E-state index in [2.05, 4.69) is 4.84 Å². The van der Waals surface area contributed by atoms with Crippen molar-refractivity contribution in [3.8, 4) is 0 Å². The zero-order valence-corrected chi connectivity index (χ0v) is 6.50. The number of ether oxygens (including phenoxy) is 2. The molecule has 0 aromatic carbocycles. The molecule has 0 unspecified atom stereocenters. The number of nitrogens with two attached hydrogens (primary N) is 1. The molecule has 0 saturated carbocycles. The van der Waals surface area contributed by atoms with Crippen LogP contribution in [-0.4, -0.2) is 27.1 Å². The third-order valence-corrected chi connectivity index (χ3v) is 1.23. The zero-order chi connectivity index (χ0) is 7.82. The van der Waals surface area contributed by atoms with Crippen molar-refractivity contribution < 1.29 is 14.3 Å². The van der Waals surface area contributed by atoms with Crippen molar-refractivity contribution in [2.75, 3.05) is 20.8 Å². The Morgan fingerprint density at radius 2 is 1.90 bits per heavy atom. The Bertz CT molecular complexity index is 66.0. The van der Waals surface area contributed by atoms with Crippen LogP contribution in [0.2, 0.25) is 0 Å². The molecule has 0 bridgehead atoms. The summed E-state index contributed by atoms with van der Waals surface area (Å²) in [6, 6.07) is 0. The van der Waals surface area contributed by atoms with Crippen LogP contribution < -0.4 is 5.90 Å². The van der Waals surface area contributed by atoms with E-state index < -0.39 is 0 Å². The molecule has 4 heteroatoms. The summed E-state index contributed by atoms with van der Waals surface area (Å²) >= 11 is 0. The van der Waals surface area contributed by atoms with Crippen LogP contribution in [0.1, 0.15) is 12.8 Å². The Morgan fingerprint density at radius 3 is 2.30 bits per heavy atom. The van der Waals surface area contributed by atoms with Gasteiger partial charge in [0.2, 0.25) is 0 Å². The van der Waals surface area contributed by atoms with E-state index in [9.17, 15) is 0 Å². The van der Waals surface area contributed by atoms with Gasteiger partial charge in [0.15, 0.2) is 6.29 Å². The van der Waals surface area contributed by atoms with Crippen LogP contribution in [-0.2, 0) is 14.3 Å². The van der Waals surface area contributed by atoms with Gasteiger partial charge in [0.25, 0.3) is 0 Å². The minimum atomic E-state index is -0.129. The molecule has 62 valence electrons. The molecule has 10 heavy (non-hydrogen) atoms. The molecular weight excluding hydrogens is 134 g/mol. The standard InChI is InChI=1S/C6H15NO3/c1-8-6(9-2)4-3-5-10-7/h6H,3-5,7H2,1-2H3. The van der Waals surface area contributed by atoms with Crippen LogP contribution in [0.5, 0.6) is 0 Å². The fourth-order valence-corrected chi connectivity index (χ4v) is 0.665. The highest BCUT2D eigenvalue weighted by molar-refractivity contribution is 4.42. The summed E-state index contributed by atoms with van der Waals surface area (Å²) in [5, 5.41) is 0. The van der Waals surface area contributed by atoms with Crippen molar-refractivity contribution >= 4 is 0 Å². The Morgan fingerprint density at radius 1 is 1.30 bits per heavy atom. The molecule has 0 radical (unpaired) electrons. The van der Waals surface area contributed by atoms with Gasteiger partial charge in [-0.2, -0.15) is 0 Å². The largest absolute Gasteiger partial charge is 0.356 e. The maximum absolute atomic E-state index is 4.93. The summed E-state index contributed by atoms with van der Waals surface area (Å²) in [4.78, 5) is 4.37. The van der Waals surface area contributed by atoms with E-state index >= 15 is 0 Å². The Hall–Kier alpha value is -0.160. The maximum atomic E-state index is 4.93. The van der Waals surface area contributed by atoms with E-state index in [0.717, 1.165) is 12.8 Å². The third-order valence-electron chi connectivity index (χ3n) is 1.23. The summed E-state index contributed by atoms with van der Waals surface area (Å²) in [5.41, 5.74) is 0. The molecule has 0 heterocycles. The number of hydrogen-bond donors (Lipinski definition) is 1. The van der Waals surface area contributed by atoms with E-state index in [1.165, 1.54) is 0 Å². The van der Waals surface area contributed by atoms with Gasteiger partial charge in [-0.05, 0) is 6.42 Å². The van der Waals surface area contributed by atoms with Gasteiger partial charge in [0, 0.05) is 20.6 Å². The Labute approximate surface area is 61.2 Å². The Kier molecular flexibility index (Phi) is 6.84. The molecule has 0 spiro atoms. The first kappa shape index (κ1) is 9.84. The topological polar surface area (TPSA) is 53.7 Å². The molecule has 0 fully saturated rings. The summed E-state index contributed by atoms with van der Waals surface area (Å²) in [7, 11) is 3.22. The highest BCUT2D eigenvalue weighted by Crippen LogP contribution is 2.00. The summed E-state index contributed by atoms with van der Waals surface area (Å²) in [6.07, 6.45) is 1.53. The van der Waals surface area contributed by atoms with Crippen molar-refractivity contribution in [3.05, 3.63) is 0 Å². The van der Waals surface area contributed by atoms with Gasteiger partial charge in [-0.25, -0.2) is 5.90 Å². The fourth-order valence-electron chi connectivity index (χ4n) is 0.665. The maximum Gasteiger partial charge on any atom is 0.156 e. The quantitative estimate of drug-likeness (QED) is 0.335. The average Bonchev–Trinajstić information content (AvgIpc) is 1.99. The molecule has 0 aromatic rings. The van der Waals surface area contributed by atoms with Crippen LogP contribution in [0.4, 0.5) is 0 Å². The Balaban J connectivity index is 3.09. The van der Waals surface area contributed by atoms with Gasteiger partial charge in [0.1, 0.15) is 0 Å². The van der Waals surface area contributed by atoms with Gasteiger partial charge in [0.05, 0.1) is 6.61 Å². The first-order valence-corrected chi connectivity index (χ1v) is 3.22. The second-order valence-electron chi connectivity index (χ2n) is 1.91. The minimum Gasteiger partial charge on any atom is -0.356 e. The molecule has 0 atom stereocenters. The number of hydrogen-bond acceptors (Lipinski definition) is 4. The van der Waals surface area contributed by atoms with Crippen molar-refractivity contribution in [2.24, 2.45) is 5.90 Å². The second-order valence-corrected chi connectivity index (χ2v) is 1.91. The van der Waals surface area contributed by atoms with Gasteiger partial charge in [-0.3, -0.25) is 0 Å². The summed E-state index contributed by atoms with van der Waals surface area (Å²) < 4.78 is 9.85. The predicted octanol–water partition coefficient (Wildman–Crippen LogP) is 0.276. The molecule has 0 aliphatic rings. The molecule has 0 saturated heterocycles. The third kappa shape index (κ3) is 4.69. The lowest BCUT2D eigenvalue weighted by Gasteiger charge is -2.11. The smallest absolute Gasteiger partial charge is 0.156 e. The van der Waals surface area contributed by atoms with Crippen LogP contribution in [0.15, 0.2) is 0 Å². The molecule has 0 amide bonds. The highest BCUT2D eigenvalue weighted by atomic mass is 16.7. The van der Waals surface area contributed by atoms with Crippen LogP contribution in [0.3, 0.4) is 0 Å².